The SMILES string of the molecule is COCCN(CC1CCCN1)C(=O)c1c(C)n[nH]c1C. The smallest absolute Gasteiger partial charge is 0.257 e. The van der Waals surface area contributed by atoms with Crippen molar-refractivity contribution in [3.8, 4) is 0 Å². The number of amides is 1. The topological polar surface area (TPSA) is 70.2 Å². The number of nitrogens with zero attached hydrogens (tertiary/aromatic N) is 2. The van der Waals surface area contributed by atoms with E-state index in [1.807, 2.05) is 18.7 Å². The van der Waals surface area contributed by atoms with Crippen molar-refractivity contribution in [2.45, 2.75) is 32.7 Å². The standard InChI is InChI=1S/C14H24N4O2/c1-10-13(11(2)17-16-10)14(19)18(7-8-20-3)9-12-5-4-6-15-12/h12,15H,4-9H2,1-3H3,(H,16,17). The van der Waals surface area contributed by atoms with Crippen molar-refractivity contribution in [3.05, 3.63) is 17.0 Å². The van der Waals surface area contributed by atoms with Crippen LogP contribution < -0.4 is 5.32 Å². The summed E-state index contributed by atoms with van der Waals surface area (Å²) in [6, 6.07) is 0.392. The summed E-state index contributed by atoms with van der Waals surface area (Å²) in [4.78, 5) is 14.6. The van der Waals surface area contributed by atoms with E-state index < -0.39 is 0 Å². The number of aromatic nitrogens is 2. The van der Waals surface area contributed by atoms with Gasteiger partial charge in [-0.15, -0.1) is 0 Å². The van der Waals surface area contributed by atoms with Gasteiger partial charge in [-0.1, -0.05) is 0 Å². The molecule has 1 unspecified atom stereocenters. The van der Waals surface area contributed by atoms with Gasteiger partial charge in [-0.25, -0.2) is 0 Å². The first-order valence-corrected chi connectivity index (χ1v) is 7.16. The Morgan fingerprint density at radius 3 is 2.85 bits per heavy atom. The Hall–Kier alpha value is -1.40. The first-order valence-electron chi connectivity index (χ1n) is 7.16. The second-order valence-corrected chi connectivity index (χ2v) is 5.35. The first kappa shape index (κ1) is 15.0. The lowest BCUT2D eigenvalue weighted by atomic mass is 10.1. The van der Waals surface area contributed by atoms with Crippen molar-refractivity contribution in [3.63, 3.8) is 0 Å². The van der Waals surface area contributed by atoms with Crippen molar-refractivity contribution in [2.24, 2.45) is 0 Å². The predicted molar refractivity (Wildman–Crippen MR) is 76.9 cm³/mol. The maximum atomic E-state index is 12.7. The summed E-state index contributed by atoms with van der Waals surface area (Å²) in [6.45, 7) is 6.67. The number of rotatable bonds is 6. The molecule has 1 aliphatic heterocycles. The first-order chi connectivity index (χ1) is 9.63. The summed E-state index contributed by atoms with van der Waals surface area (Å²) in [7, 11) is 1.66. The van der Waals surface area contributed by atoms with E-state index >= 15 is 0 Å². The third kappa shape index (κ3) is 3.37. The van der Waals surface area contributed by atoms with Crippen LogP contribution >= 0.6 is 0 Å². The molecule has 1 fully saturated rings. The molecule has 2 heterocycles. The molecule has 0 spiro atoms. The third-order valence-corrected chi connectivity index (χ3v) is 3.80. The highest BCUT2D eigenvalue weighted by Gasteiger charge is 2.25. The molecule has 1 atom stereocenters. The van der Waals surface area contributed by atoms with E-state index in [-0.39, 0.29) is 5.91 Å². The number of nitrogens with one attached hydrogen (secondary N) is 2. The Bertz CT molecular complexity index is 433. The largest absolute Gasteiger partial charge is 0.383 e. The summed E-state index contributed by atoms with van der Waals surface area (Å²) >= 11 is 0. The highest BCUT2D eigenvalue weighted by atomic mass is 16.5. The molecule has 1 aromatic heterocycles. The Morgan fingerprint density at radius 2 is 2.30 bits per heavy atom. The number of ether oxygens (including phenoxy) is 1. The number of hydrogen-bond acceptors (Lipinski definition) is 4. The molecule has 0 radical (unpaired) electrons. The van der Waals surface area contributed by atoms with E-state index in [1.165, 1.54) is 6.42 Å². The Labute approximate surface area is 119 Å². The fourth-order valence-electron chi connectivity index (χ4n) is 2.68. The average molecular weight is 280 g/mol. The van der Waals surface area contributed by atoms with E-state index in [4.69, 9.17) is 4.74 Å². The fourth-order valence-corrected chi connectivity index (χ4v) is 2.68. The minimum atomic E-state index is 0.0412. The Balaban J connectivity index is 2.10. The van der Waals surface area contributed by atoms with Gasteiger partial charge in [0.1, 0.15) is 0 Å². The van der Waals surface area contributed by atoms with Crippen molar-refractivity contribution in [1.29, 1.82) is 0 Å². The van der Waals surface area contributed by atoms with E-state index in [0.717, 1.165) is 30.9 Å². The molecule has 1 amide bonds. The molecule has 6 heteroatoms. The highest BCUT2D eigenvalue weighted by Crippen LogP contribution is 2.15. The quantitative estimate of drug-likeness (QED) is 0.811. The van der Waals surface area contributed by atoms with Crippen LogP contribution in [0.4, 0.5) is 0 Å². The van der Waals surface area contributed by atoms with Crippen LogP contribution in [0.25, 0.3) is 0 Å². The third-order valence-electron chi connectivity index (χ3n) is 3.80. The lowest BCUT2D eigenvalue weighted by Gasteiger charge is -2.26. The monoisotopic (exact) mass is 280 g/mol. The summed E-state index contributed by atoms with van der Waals surface area (Å²) in [5, 5.41) is 10.4. The van der Waals surface area contributed by atoms with E-state index in [2.05, 4.69) is 15.5 Å². The molecule has 1 saturated heterocycles. The Kier molecular flexibility index (Phi) is 5.14. The number of H-pyrrole nitrogens is 1. The summed E-state index contributed by atoms with van der Waals surface area (Å²) < 4.78 is 5.13. The molecule has 20 heavy (non-hydrogen) atoms. The lowest BCUT2D eigenvalue weighted by molar-refractivity contribution is 0.0678. The molecular formula is C14H24N4O2. The molecule has 0 aliphatic carbocycles. The molecule has 6 nitrogen and oxygen atoms in total. The van der Waals surface area contributed by atoms with Crippen LogP contribution in [0.3, 0.4) is 0 Å². The summed E-state index contributed by atoms with van der Waals surface area (Å²) in [5.74, 6) is 0.0412. The number of carbonyl (C=O) groups excluding carboxylic acids is 1. The van der Waals surface area contributed by atoms with Gasteiger partial charge >= 0.3 is 0 Å². The minimum absolute atomic E-state index is 0.0412. The molecule has 0 bridgehead atoms. The van der Waals surface area contributed by atoms with Crippen LogP contribution in [0.5, 0.6) is 0 Å². The zero-order valence-corrected chi connectivity index (χ0v) is 12.5. The van der Waals surface area contributed by atoms with Gasteiger partial charge in [0, 0.05) is 31.9 Å². The molecule has 2 N–H and O–H groups in total. The molecule has 0 aromatic carbocycles. The fraction of sp³-hybridized carbons (Fsp3) is 0.714. The van der Waals surface area contributed by atoms with Gasteiger partial charge < -0.3 is 15.0 Å². The molecule has 0 saturated carbocycles. The van der Waals surface area contributed by atoms with E-state index in [1.54, 1.807) is 7.11 Å². The van der Waals surface area contributed by atoms with Gasteiger partial charge in [0.25, 0.3) is 5.91 Å². The van der Waals surface area contributed by atoms with Gasteiger partial charge in [-0.3, -0.25) is 9.89 Å². The minimum Gasteiger partial charge on any atom is -0.383 e. The van der Waals surface area contributed by atoms with Gasteiger partial charge in [0.15, 0.2) is 0 Å². The normalized spacial score (nSPS) is 18.4. The Morgan fingerprint density at radius 1 is 1.50 bits per heavy atom. The highest BCUT2D eigenvalue weighted by molar-refractivity contribution is 5.96. The van der Waals surface area contributed by atoms with E-state index in [9.17, 15) is 4.79 Å². The predicted octanol–water partition coefficient (Wildman–Crippen LogP) is 0.867. The van der Waals surface area contributed by atoms with Crippen LogP contribution in [0.15, 0.2) is 0 Å². The van der Waals surface area contributed by atoms with Crippen molar-refractivity contribution in [1.82, 2.24) is 20.4 Å². The van der Waals surface area contributed by atoms with Crippen LogP contribution in [0.2, 0.25) is 0 Å². The van der Waals surface area contributed by atoms with E-state index in [0.29, 0.717) is 24.8 Å². The average Bonchev–Trinajstić information content (AvgIpc) is 3.04. The van der Waals surface area contributed by atoms with Crippen LogP contribution in [0, 0.1) is 13.8 Å². The maximum Gasteiger partial charge on any atom is 0.257 e. The molecule has 112 valence electrons. The number of hydrogen-bond donors (Lipinski definition) is 2. The lowest BCUT2D eigenvalue weighted by Crippen LogP contribution is -2.43. The molecular weight excluding hydrogens is 256 g/mol. The zero-order valence-electron chi connectivity index (χ0n) is 12.5. The van der Waals surface area contributed by atoms with Gasteiger partial charge in [-0.05, 0) is 33.2 Å². The number of aryl methyl sites for hydroxylation is 2. The maximum absolute atomic E-state index is 12.7. The number of methoxy groups -OCH3 is 1. The van der Waals surface area contributed by atoms with Gasteiger partial charge in [-0.2, -0.15) is 5.10 Å². The van der Waals surface area contributed by atoms with Crippen molar-refractivity contribution >= 4 is 5.91 Å². The second kappa shape index (κ2) is 6.85. The molecule has 2 rings (SSSR count). The summed E-state index contributed by atoms with van der Waals surface area (Å²) in [5.41, 5.74) is 2.28. The van der Waals surface area contributed by atoms with Crippen molar-refractivity contribution in [2.75, 3.05) is 33.4 Å². The summed E-state index contributed by atoms with van der Waals surface area (Å²) in [6.07, 6.45) is 2.31. The molecule has 1 aliphatic rings. The van der Waals surface area contributed by atoms with Gasteiger partial charge in [0.2, 0.25) is 0 Å². The van der Waals surface area contributed by atoms with Gasteiger partial charge in [0.05, 0.1) is 17.9 Å². The van der Waals surface area contributed by atoms with Crippen LogP contribution in [-0.2, 0) is 4.74 Å². The second-order valence-electron chi connectivity index (χ2n) is 5.35. The zero-order chi connectivity index (χ0) is 14.5. The number of aromatic amines is 1. The van der Waals surface area contributed by atoms with Crippen LogP contribution in [-0.4, -0.2) is 60.4 Å². The molecule has 1 aromatic rings. The van der Waals surface area contributed by atoms with Crippen LogP contribution in [0.1, 0.15) is 34.6 Å². The van der Waals surface area contributed by atoms with Crippen molar-refractivity contribution < 1.29 is 9.53 Å². The number of carbonyl (C=O) groups is 1.